The van der Waals surface area contributed by atoms with Crippen molar-refractivity contribution >= 4 is 23.5 Å². The molecular formula is C22H26F5N5O. The molecule has 1 aromatic rings. The lowest BCUT2D eigenvalue weighted by molar-refractivity contribution is -0.145. The first kappa shape index (κ1) is 26.3. The van der Waals surface area contributed by atoms with Gasteiger partial charge in [0.05, 0.1) is 24.5 Å². The third-order valence-electron chi connectivity index (χ3n) is 5.29. The number of carbonyl (C=O) groups is 1. The number of carbonyl (C=O) groups excluding carboxylic acids is 1. The Morgan fingerprint density at radius 2 is 1.91 bits per heavy atom. The molecule has 0 spiro atoms. The van der Waals surface area contributed by atoms with Gasteiger partial charge in [-0.2, -0.15) is 13.2 Å². The van der Waals surface area contributed by atoms with E-state index in [1.165, 1.54) is 26.0 Å². The van der Waals surface area contributed by atoms with Gasteiger partial charge in [-0.05, 0) is 12.8 Å². The number of benzene rings is 1. The van der Waals surface area contributed by atoms with Gasteiger partial charge in [-0.25, -0.2) is 8.78 Å². The third-order valence-corrected chi connectivity index (χ3v) is 5.29. The minimum absolute atomic E-state index is 0.0104. The maximum absolute atomic E-state index is 14.2. The summed E-state index contributed by atoms with van der Waals surface area (Å²) in [4.78, 5) is 17.5. The van der Waals surface area contributed by atoms with E-state index in [2.05, 4.69) is 10.3 Å². The molecular weight excluding hydrogens is 445 g/mol. The Morgan fingerprint density at radius 1 is 1.27 bits per heavy atom. The first-order valence-electron chi connectivity index (χ1n) is 10.2. The maximum atomic E-state index is 14.2. The van der Waals surface area contributed by atoms with Crippen molar-refractivity contribution in [3.05, 3.63) is 47.5 Å². The topological polar surface area (TPSA) is 92.4 Å². The molecule has 1 aliphatic rings. The summed E-state index contributed by atoms with van der Waals surface area (Å²) < 4.78 is 66.6. The number of aliphatic imine (C=N–C) groups is 1. The predicted molar refractivity (Wildman–Crippen MR) is 116 cm³/mol. The number of nitrogens with zero attached hydrogens (tertiary/aromatic N) is 2. The van der Waals surface area contributed by atoms with Crippen LogP contribution in [0.25, 0.3) is 0 Å². The number of likely N-dealkylation sites (tertiary alicyclic amines) is 1. The molecule has 33 heavy (non-hydrogen) atoms. The van der Waals surface area contributed by atoms with Crippen molar-refractivity contribution in [3.8, 4) is 0 Å². The average molecular weight is 471 g/mol. The van der Waals surface area contributed by atoms with Crippen molar-refractivity contribution in [3.63, 3.8) is 0 Å². The Hall–Kier alpha value is -2.95. The number of halogens is 5. The molecule has 0 saturated carbocycles. The molecule has 1 aromatic carbocycles. The van der Waals surface area contributed by atoms with Crippen LogP contribution in [0.2, 0.25) is 0 Å². The highest BCUT2D eigenvalue weighted by Crippen LogP contribution is 2.34. The SMILES string of the molecule is C/C=C(\C=N/CNCC1C(C)CC(F)(F)CN1C(=O)C(=N)C(=N)c1ccccc1)C(F)(F)F. The monoisotopic (exact) mass is 471 g/mol. The smallest absolute Gasteiger partial charge is 0.327 e. The minimum atomic E-state index is -4.53. The summed E-state index contributed by atoms with van der Waals surface area (Å²) in [5, 5.41) is 19.0. The van der Waals surface area contributed by atoms with E-state index in [9.17, 15) is 26.7 Å². The highest BCUT2D eigenvalue weighted by molar-refractivity contribution is 6.68. The molecule has 0 aliphatic carbocycles. The molecule has 180 valence electrons. The lowest BCUT2D eigenvalue weighted by atomic mass is 9.87. The summed E-state index contributed by atoms with van der Waals surface area (Å²) in [5.74, 6) is -4.82. The van der Waals surface area contributed by atoms with Crippen LogP contribution in [0.3, 0.4) is 0 Å². The maximum Gasteiger partial charge on any atom is 0.417 e. The summed E-state index contributed by atoms with van der Waals surface area (Å²) in [6, 6.07) is 7.28. The van der Waals surface area contributed by atoms with Crippen LogP contribution < -0.4 is 5.32 Å². The van der Waals surface area contributed by atoms with Gasteiger partial charge in [0.1, 0.15) is 5.71 Å². The lowest BCUT2D eigenvalue weighted by Gasteiger charge is -2.43. The van der Waals surface area contributed by atoms with Crippen LogP contribution in [0.15, 0.2) is 47.0 Å². The zero-order chi connectivity index (χ0) is 24.8. The summed E-state index contributed by atoms with van der Waals surface area (Å²) >= 11 is 0. The predicted octanol–water partition coefficient (Wildman–Crippen LogP) is 4.07. The van der Waals surface area contributed by atoms with Gasteiger partial charge in [0, 0.05) is 30.8 Å². The number of hydrogen-bond donors (Lipinski definition) is 3. The van der Waals surface area contributed by atoms with Crippen LogP contribution in [0, 0.1) is 16.7 Å². The quantitative estimate of drug-likeness (QED) is 0.303. The van der Waals surface area contributed by atoms with Crippen LogP contribution in [-0.4, -0.2) is 66.3 Å². The Morgan fingerprint density at radius 3 is 2.48 bits per heavy atom. The number of piperidine rings is 1. The van der Waals surface area contributed by atoms with Gasteiger partial charge in [0.15, 0.2) is 0 Å². The van der Waals surface area contributed by atoms with Gasteiger partial charge in [-0.3, -0.25) is 25.9 Å². The van der Waals surface area contributed by atoms with Gasteiger partial charge < -0.3 is 4.90 Å². The number of rotatable bonds is 8. The number of nitrogens with one attached hydrogen (secondary N) is 3. The van der Waals surface area contributed by atoms with Gasteiger partial charge in [-0.1, -0.05) is 43.3 Å². The lowest BCUT2D eigenvalue weighted by Crippen LogP contribution is -2.60. The van der Waals surface area contributed by atoms with Gasteiger partial charge >= 0.3 is 6.18 Å². The Labute approximate surface area is 188 Å². The second kappa shape index (κ2) is 10.8. The second-order valence-electron chi connectivity index (χ2n) is 7.82. The van der Waals surface area contributed by atoms with Crippen LogP contribution in [-0.2, 0) is 4.79 Å². The molecule has 1 fully saturated rings. The largest absolute Gasteiger partial charge is 0.417 e. The fraction of sp³-hybridized carbons (Fsp3) is 0.455. The first-order valence-corrected chi connectivity index (χ1v) is 10.2. The highest BCUT2D eigenvalue weighted by atomic mass is 19.4. The average Bonchev–Trinajstić information content (AvgIpc) is 2.74. The van der Waals surface area contributed by atoms with Crippen molar-refractivity contribution in [1.82, 2.24) is 10.2 Å². The van der Waals surface area contributed by atoms with Crippen molar-refractivity contribution < 1.29 is 26.7 Å². The summed E-state index contributed by atoms with van der Waals surface area (Å²) in [5.41, 5.74) is -1.71. The van der Waals surface area contributed by atoms with E-state index in [0.29, 0.717) is 11.8 Å². The zero-order valence-corrected chi connectivity index (χ0v) is 18.2. The normalized spacial score (nSPS) is 21.3. The highest BCUT2D eigenvalue weighted by Gasteiger charge is 2.46. The molecule has 1 heterocycles. The number of allylic oxidation sites excluding steroid dienone is 2. The second-order valence-corrected chi connectivity index (χ2v) is 7.82. The molecule has 1 aliphatic heterocycles. The molecule has 0 radical (unpaired) electrons. The van der Waals surface area contributed by atoms with E-state index >= 15 is 0 Å². The Bertz CT molecular complexity index is 927. The Balaban J connectivity index is 2.11. The van der Waals surface area contributed by atoms with Crippen LogP contribution in [0.5, 0.6) is 0 Å². The van der Waals surface area contributed by atoms with Gasteiger partial charge in [0.25, 0.3) is 11.8 Å². The van der Waals surface area contributed by atoms with E-state index in [0.717, 1.165) is 11.0 Å². The summed E-state index contributed by atoms with van der Waals surface area (Å²) in [6.07, 6.45) is -3.46. The van der Waals surface area contributed by atoms with Crippen LogP contribution >= 0.6 is 0 Å². The van der Waals surface area contributed by atoms with Crippen LogP contribution in [0.1, 0.15) is 25.8 Å². The molecule has 2 atom stereocenters. The van der Waals surface area contributed by atoms with Crippen molar-refractivity contribution in [2.45, 2.75) is 38.4 Å². The van der Waals surface area contributed by atoms with Crippen molar-refractivity contribution in [2.75, 3.05) is 19.8 Å². The molecule has 0 bridgehead atoms. The van der Waals surface area contributed by atoms with E-state index in [-0.39, 0.29) is 18.9 Å². The summed E-state index contributed by atoms with van der Waals surface area (Å²) in [7, 11) is 0. The summed E-state index contributed by atoms with van der Waals surface area (Å²) in [6.45, 7) is 1.64. The molecule has 0 aromatic heterocycles. The van der Waals surface area contributed by atoms with E-state index < -0.39 is 54.2 Å². The third kappa shape index (κ3) is 7.01. The molecule has 6 nitrogen and oxygen atoms in total. The fourth-order valence-corrected chi connectivity index (χ4v) is 3.61. The van der Waals surface area contributed by atoms with E-state index in [1.54, 1.807) is 18.2 Å². The van der Waals surface area contributed by atoms with Gasteiger partial charge in [-0.15, -0.1) is 0 Å². The first-order chi connectivity index (χ1) is 15.4. The van der Waals surface area contributed by atoms with Crippen molar-refractivity contribution in [2.24, 2.45) is 10.9 Å². The number of hydrogen-bond acceptors (Lipinski definition) is 5. The minimum Gasteiger partial charge on any atom is -0.327 e. The molecule has 2 rings (SSSR count). The van der Waals surface area contributed by atoms with E-state index in [4.69, 9.17) is 10.8 Å². The Kier molecular flexibility index (Phi) is 8.59. The van der Waals surface area contributed by atoms with Crippen LogP contribution in [0.4, 0.5) is 22.0 Å². The zero-order valence-electron chi connectivity index (χ0n) is 18.2. The van der Waals surface area contributed by atoms with E-state index in [1.807, 2.05) is 0 Å². The number of alkyl halides is 5. The molecule has 1 saturated heterocycles. The number of amides is 1. The standard InChI is InChI=1S/C22H26F5N5O/c1-3-16(22(25,26)27)10-30-13-31-11-17-14(2)9-21(23,24)12-32(17)20(33)19(29)18(28)15-7-5-4-6-8-15/h3-8,10,14,17,28-29,31H,9,11-13H2,1-2H3/b16-3+,28-18?,29-19?,30-10-. The molecule has 3 N–H and O–H groups in total. The molecule has 11 heteroatoms. The molecule has 2 unspecified atom stereocenters. The molecule has 1 amide bonds. The van der Waals surface area contributed by atoms with Gasteiger partial charge in [0.2, 0.25) is 0 Å². The fourth-order valence-electron chi connectivity index (χ4n) is 3.61. The van der Waals surface area contributed by atoms with Crippen molar-refractivity contribution in [1.29, 1.82) is 10.8 Å².